The molecule has 0 saturated heterocycles. The van der Waals surface area contributed by atoms with Crippen LogP contribution in [0.2, 0.25) is 5.02 Å². The minimum atomic E-state index is -3.74. The van der Waals surface area contributed by atoms with E-state index in [2.05, 4.69) is 4.72 Å². The SMILES string of the molecule is N#Cc1cc(Cl)ccc1S(=O)(=O)NC1CCC(CO)CC1. The Labute approximate surface area is 129 Å². The van der Waals surface area contributed by atoms with E-state index in [9.17, 15) is 8.42 Å². The van der Waals surface area contributed by atoms with Gasteiger partial charge in [0, 0.05) is 17.7 Å². The summed E-state index contributed by atoms with van der Waals surface area (Å²) in [6.07, 6.45) is 2.99. The summed E-state index contributed by atoms with van der Waals surface area (Å²) in [5.74, 6) is 0.260. The fourth-order valence-corrected chi connectivity index (χ4v) is 4.18. The molecule has 0 aromatic heterocycles. The van der Waals surface area contributed by atoms with Gasteiger partial charge in [-0.1, -0.05) is 11.6 Å². The van der Waals surface area contributed by atoms with Crippen LogP contribution in [0.15, 0.2) is 23.1 Å². The van der Waals surface area contributed by atoms with Crippen molar-refractivity contribution < 1.29 is 13.5 Å². The van der Waals surface area contributed by atoms with Gasteiger partial charge in [0.1, 0.15) is 6.07 Å². The molecule has 0 heterocycles. The van der Waals surface area contributed by atoms with Gasteiger partial charge >= 0.3 is 0 Å². The number of aliphatic hydroxyl groups is 1. The lowest BCUT2D eigenvalue weighted by Gasteiger charge is -2.27. The van der Waals surface area contributed by atoms with Gasteiger partial charge in [-0.3, -0.25) is 0 Å². The zero-order chi connectivity index (χ0) is 15.5. The van der Waals surface area contributed by atoms with Gasteiger partial charge in [0.15, 0.2) is 0 Å². The van der Waals surface area contributed by atoms with Crippen LogP contribution in [0.5, 0.6) is 0 Å². The summed E-state index contributed by atoms with van der Waals surface area (Å²) in [5.41, 5.74) is 0.0408. The van der Waals surface area contributed by atoms with Crippen LogP contribution in [-0.4, -0.2) is 26.2 Å². The first-order valence-electron chi connectivity index (χ1n) is 6.79. The number of hydrogen-bond acceptors (Lipinski definition) is 4. The van der Waals surface area contributed by atoms with Gasteiger partial charge in [-0.25, -0.2) is 13.1 Å². The smallest absolute Gasteiger partial charge is 0.242 e. The third-order valence-corrected chi connectivity index (χ3v) is 5.59. The van der Waals surface area contributed by atoms with E-state index in [0.29, 0.717) is 17.9 Å². The Kier molecular flexibility index (Phi) is 5.22. The number of hydrogen-bond donors (Lipinski definition) is 2. The molecule has 0 unspecified atom stereocenters. The molecule has 0 aliphatic heterocycles. The average molecular weight is 329 g/mol. The van der Waals surface area contributed by atoms with Crippen molar-refractivity contribution in [2.24, 2.45) is 5.92 Å². The maximum Gasteiger partial charge on any atom is 0.242 e. The fraction of sp³-hybridized carbons (Fsp3) is 0.500. The van der Waals surface area contributed by atoms with Gasteiger partial charge in [-0.2, -0.15) is 5.26 Å². The van der Waals surface area contributed by atoms with Crippen LogP contribution < -0.4 is 4.72 Å². The number of sulfonamides is 1. The molecule has 1 aliphatic rings. The van der Waals surface area contributed by atoms with E-state index in [1.54, 1.807) is 0 Å². The molecule has 114 valence electrons. The number of halogens is 1. The van der Waals surface area contributed by atoms with Gasteiger partial charge in [0.25, 0.3) is 0 Å². The molecule has 2 rings (SSSR count). The van der Waals surface area contributed by atoms with Crippen LogP contribution in [0.1, 0.15) is 31.2 Å². The summed E-state index contributed by atoms with van der Waals surface area (Å²) in [4.78, 5) is -0.0429. The molecular weight excluding hydrogens is 312 g/mol. The summed E-state index contributed by atoms with van der Waals surface area (Å²) in [7, 11) is -3.74. The molecule has 0 atom stereocenters. The molecule has 21 heavy (non-hydrogen) atoms. The lowest BCUT2D eigenvalue weighted by atomic mass is 9.87. The second-order valence-electron chi connectivity index (χ2n) is 5.27. The predicted molar refractivity (Wildman–Crippen MR) is 79.3 cm³/mol. The Morgan fingerprint density at radius 1 is 1.33 bits per heavy atom. The molecule has 1 saturated carbocycles. The highest BCUT2D eigenvalue weighted by molar-refractivity contribution is 7.89. The highest BCUT2D eigenvalue weighted by Crippen LogP contribution is 2.26. The molecule has 1 aromatic carbocycles. The van der Waals surface area contributed by atoms with Crippen LogP contribution in [-0.2, 0) is 10.0 Å². The van der Waals surface area contributed by atoms with Crippen molar-refractivity contribution in [3.8, 4) is 6.07 Å². The van der Waals surface area contributed by atoms with E-state index in [4.69, 9.17) is 22.0 Å². The maximum absolute atomic E-state index is 12.4. The van der Waals surface area contributed by atoms with Gasteiger partial charge in [-0.15, -0.1) is 0 Å². The summed E-state index contributed by atoms with van der Waals surface area (Å²) >= 11 is 5.78. The van der Waals surface area contributed by atoms with Crippen molar-refractivity contribution in [1.29, 1.82) is 5.26 Å². The van der Waals surface area contributed by atoms with E-state index in [1.165, 1.54) is 18.2 Å². The van der Waals surface area contributed by atoms with Crippen molar-refractivity contribution in [2.75, 3.05) is 6.61 Å². The molecule has 7 heteroatoms. The minimum Gasteiger partial charge on any atom is -0.396 e. The number of rotatable bonds is 4. The Morgan fingerprint density at radius 3 is 2.57 bits per heavy atom. The number of nitrogens with one attached hydrogen (secondary N) is 1. The maximum atomic E-state index is 12.4. The first-order valence-corrected chi connectivity index (χ1v) is 8.65. The van der Waals surface area contributed by atoms with E-state index in [0.717, 1.165) is 12.8 Å². The fourth-order valence-electron chi connectivity index (χ4n) is 2.57. The third kappa shape index (κ3) is 3.95. The van der Waals surface area contributed by atoms with Crippen molar-refractivity contribution in [2.45, 2.75) is 36.6 Å². The van der Waals surface area contributed by atoms with Gasteiger partial charge in [0.05, 0.1) is 10.5 Å². The summed E-state index contributed by atoms with van der Waals surface area (Å²) in [6.45, 7) is 0.148. The summed E-state index contributed by atoms with van der Waals surface area (Å²) in [6, 6.07) is 5.86. The Morgan fingerprint density at radius 2 is 2.00 bits per heavy atom. The van der Waals surface area contributed by atoms with Gasteiger partial charge in [-0.05, 0) is 49.8 Å². The highest BCUT2D eigenvalue weighted by atomic mass is 35.5. The average Bonchev–Trinajstić information content (AvgIpc) is 2.47. The first-order chi connectivity index (χ1) is 9.96. The lowest BCUT2D eigenvalue weighted by molar-refractivity contribution is 0.180. The summed E-state index contributed by atoms with van der Waals surface area (Å²) in [5, 5.41) is 18.5. The second kappa shape index (κ2) is 6.75. The molecule has 1 aliphatic carbocycles. The number of nitriles is 1. The van der Waals surface area contributed by atoms with Crippen molar-refractivity contribution in [1.82, 2.24) is 4.72 Å². The molecule has 0 bridgehead atoms. The minimum absolute atomic E-state index is 0.0408. The molecule has 0 radical (unpaired) electrons. The Hall–Kier alpha value is -1.13. The summed E-state index contributed by atoms with van der Waals surface area (Å²) < 4.78 is 27.4. The highest BCUT2D eigenvalue weighted by Gasteiger charge is 2.26. The van der Waals surface area contributed by atoms with Crippen molar-refractivity contribution in [3.05, 3.63) is 28.8 Å². The number of aliphatic hydroxyl groups excluding tert-OH is 1. The second-order valence-corrected chi connectivity index (χ2v) is 7.39. The predicted octanol–water partition coefficient (Wildman–Crippen LogP) is 2.04. The van der Waals surface area contributed by atoms with E-state index in [1.807, 2.05) is 6.07 Å². The first kappa shape index (κ1) is 16.2. The zero-order valence-electron chi connectivity index (χ0n) is 11.4. The molecule has 0 amide bonds. The van der Waals surface area contributed by atoms with Crippen LogP contribution in [0.4, 0.5) is 0 Å². The van der Waals surface area contributed by atoms with E-state index in [-0.39, 0.29) is 29.0 Å². The van der Waals surface area contributed by atoms with Crippen molar-refractivity contribution in [3.63, 3.8) is 0 Å². The zero-order valence-corrected chi connectivity index (χ0v) is 13.0. The number of benzene rings is 1. The largest absolute Gasteiger partial charge is 0.396 e. The quantitative estimate of drug-likeness (QED) is 0.885. The van der Waals surface area contributed by atoms with Gasteiger partial charge in [0.2, 0.25) is 10.0 Å². The molecule has 0 spiro atoms. The van der Waals surface area contributed by atoms with Crippen LogP contribution in [0.25, 0.3) is 0 Å². The van der Waals surface area contributed by atoms with Crippen LogP contribution >= 0.6 is 11.6 Å². The Bertz CT molecular complexity index is 647. The molecule has 2 N–H and O–H groups in total. The Balaban J connectivity index is 2.15. The molecule has 1 aromatic rings. The molecule has 1 fully saturated rings. The normalized spacial score (nSPS) is 22.7. The standard InChI is InChI=1S/C14H17ClN2O3S/c15-12-3-6-14(11(7-12)8-16)21(19,20)17-13-4-1-10(9-18)2-5-13/h3,6-7,10,13,17-18H,1-2,4-5,9H2. The monoisotopic (exact) mass is 328 g/mol. The van der Waals surface area contributed by atoms with Gasteiger partial charge < -0.3 is 5.11 Å². The van der Waals surface area contributed by atoms with Crippen molar-refractivity contribution >= 4 is 21.6 Å². The van der Waals surface area contributed by atoms with E-state index >= 15 is 0 Å². The van der Waals surface area contributed by atoms with E-state index < -0.39 is 10.0 Å². The third-order valence-electron chi connectivity index (χ3n) is 3.78. The lowest BCUT2D eigenvalue weighted by Crippen LogP contribution is -2.38. The van der Waals surface area contributed by atoms with Crippen LogP contribution in [0.3, 0.4) is 0 Å². The van der Waals surface area contributed by atoms with Crippen LogP contribution in [0, 0.1) is 17.2 Å². The topological polar surface area (TPSA) is 90.2 Å². The number of nitrogens with zero attached hydrogens (tertiary/aromatic N) is 1. The molecular formula is C14H17ClN2O3S. The molecule has 5 nitrogen and oxygen atoms in total.